The van der Waals surface area contributed by atoms with E-state index in [2.05, 4.69) is 5.32 Å². The minimum atomic E-state index is 0.0432. The number of hydrogen-bond donors (Lipinski definition) is 1. The van der Waals surface area contributed by atoms with E-state index in [1.807, 2.05) is 30.0 Å². The van der Waals surface area contributed by atoms with Crippen molar-refractivity contribution >= 4 is 17.5 Å². The van der Waals surface area contributed by atoms with Gasteiger partial charge in [0.2, 0.25) is 11.8 Å². The molecule has 0 bridgehead atoms. The van der Waals surface area contributed by atoms with Crippen molar-refractivity contribution < 1.29 is 9.59 Å². The second-order valence-corrected chi connectivity index (χ2v) is 4.97. The maximum Gasteiger partial charge on any atom is 0.224 e. The third-order valence-corrected chi connectivity index (χ3v) is 3.42. The van der Waals surface area contributed by atoms with Crippen LogP contribution in [0.15, 0.2) is 18.2 Å². The first-order valence-corrected chi connectivity index (χ1v) is 6.77. The molecule has 0 atom stereocenters. The molecule has 0 saturated heterocycles. The van der Waals surface area contributed by atoms with Crippen LogP contribution in [0.4, 0.5) is 5.69 Å². The van der Waals surface area contributed by atoms with E-state index in [0.717, 1.165) is 30.6 Å². The third-order valence-electron chi connectivity index (χ3n) is 3.42. The average molecular weight is 260 g/mol. The van der Waals surface area contributed by atoms with Crippen LogP contribution < -0.4 is 5.32 Å². The van der Waals surface area contributed by atoms with Gasteiger partial charge in [-0.2, -0.15) is 0 Å². The fraction of sp³-hybridized carbons (Fsp3) is 0.467. The van der Waals surface area contributed by atoms with Crippen molar-refractivity contribution in [1.29, 1.82) is 0 Å². The average Bonchev–Trinajstić information content (AvgIpc) is 2.38. The van der Waals surface area contributed by atoms with E-state index in [0.29, 0.717) is 13.0 Å². The number of nitrogens with one attached hydrogen (secondary N) is 1. The molecule has 1 heterocycles. The summed E-state index contributed by atoms with van der Waals surface area (Å²) in [5.74, 6) is 0.146. The van der Waals surface area contributed by atoms with Crippen LogP contribution in [0.5, 0.6) is 0 Å². The largest absolute Gasteiger partial charge is 0.338 e. The Morgan fingerprint density at radius 1 is 1.32 bits per heavy atom. The van der Waals surface area contributed by atoms with Crippen LogP contribution in [-0.2, 0) is 22.6 Å². The van der Waals surface area contributed by atoms with Gasteiger partial charge >= 0.3 is 0 Å². The van der Waals surface area contributed by atoms with Gasteiger partial charge < -0.3 is 10.2 Å². The van der Waals surface area contributed by atoms with Crippen molar-refractivity contribution in [2.45, 2.75) is 39.7 Å². The van der Waals surface area contributed by atoms with E-state index in [-0.39, 0.29) is 11.8 Å². The number of anilines is 1. The monoisotopic (exact) mass is 260 g/mol. The summed E-state index contributed by atoms with van der Waals surface area (Å²) in [5, 5.41) is 2.89. The molecule has 0 saturated carbocycles. The Morgan fingerprint density at radius 2 is 2.11 bits per heavy atom. The van der Waals surface area contributed by atoms with Crippen LogP contribution in [-0.4, -0.2) is 23.3 Å². The highest BCUT2D eigenvalue weighted by Crippen LogP contribution is 2.22. The van der Waals surface area contributed by atoms with Gasteiger partial charge in [0.05, 0.1) is 0 Å². The molecular weight excluding hydrogens is 240 g/mol. The van der Waals surface area contributed by atoms with E-state index < -0.39 is 0 Å². The summed E-state index contributed by atoms with van der Waals surface area (Å²) in [6.07, 6.45) is 2.27. The van der Waals surface area contributed by atoms with Crippen molar-refractivity contribution in [2.75, 3.05) is 11.9 Å². The SMILES string of the molecule is CCCC(=O)Nc1ccc2c(c1)CN(C(C)=O)CC2. The van der Waals surface area contributed by atoms with Crippen molar-refractivity contribution in [3.8, 4) is 0 Å². The molecule has 2 amide bonds. The van der Waals surface area contributed by atoms with Crippen LogP contribution in [0.3, 0.4) is 0 Å². The summed E-state index contributed by atoms with van der Waals surface area (Å²) in [6.45, 7) is 5.00. The molecule has 4 heteroatoms. The van der Waals surface area contributed by atoms with Crippen molar-refractivity contribution in [3.05, 3.63) is 29.3 Å². The van der Waals surface area contributed by atoms with Crippen LogP contribution >= 0.6 is 0 Å². The van der Waals surface area contributed by atoms with E-state index >= 15 is 0 Å². The summed E-state index contributed by atoms with van der Waals surface area (Å²) < 4.78 is 0. The molecule has 0 aliphatic carbocycles. The Bertz CT molecular complexity index is 497. The molecule has 1 aliphatic heterocycles. The predicted molar refractivity (Wildman–Crippen MR) is 74.8 cm³/mol. The van der Waals surface area contributed by atoms with E-state index in [9.17, 15) is 9.59 Å². The molecule has 1 aromatic rings. The number of carbonyl (C=O) groups is 2. The minimum Gasteiger partial charge on any atom is -0.338 e. The highest BCUT2D eigenvalue weighted by molar-refractivity contribution is 5.90. The third kappa shape index (κ3) is 3.34. The van der Waals surface area contributed by atoms with Gasteiger partial charge in [-0.3, -0.25) is 9.59 Å². The fourth-order valence-corrected chi connectivity index (χ4v) is 2.35. The zero-order valence-electron chi connectivity index (χ0n) is 11.5. The normalized spacial score (nSPS) is 13.9. The summed E-state index contributed by atoms with van der Waals surface area (Å²) in [5.41, 5.74) is 3.23. The molecule has 0 fully saturated rings. The lowest BCUT2D eigenvalue weighted by atomic mass is 9.99. The molecule has 1 aromatic carbocycles. The quantitative estimate of drug-likeness (QED) is 0.906. The van der Waals surface area contributed by atoms with Gasteiger partial charge in [-0.1, -0.05) is 13.0 Å². The van der Waals surface area contributed by atoms with Gasteiger partial charge in [0.25, 0.3) is 0 Å². The first kappa shape index (κ1) is 13.6. The van der Waals surface area contributed by atoms with Crippen molar-refractivity contribution in [2.24, 2.45) is 0 Å². The van der Waals surface area contributed by atoms with Gasteiger partial charge in [0.1, 0.15) is 0 Å². The van der Waals surface area contributed by atoms with Crippen molar-refractivity contribution in [3.63, 3.8) is 0 Å². The van der Waals surface area contributed by atoms with Gasteiger partial charge in [0.15, 0.2) is 0 Å². The zero-order chi connectivity index (χ0) is 13.8. The lowest BCUT2D eigenvalue weighted by Crippen LogP contribution is -2.34. The lowest BCUT2D eigenvalue weighted by Gasteiger charge is -2.28. The molecule has 0 unspecified atom stereocenters. The second kappa shape index (κ2) is 5.87. The van der Waals surface area contributed by atoms with Gasteiger partial charge in [0, 0.05) is 32.1 Å². The number of nitrogens with zero attached hydrogens (tertiary/aromatic N) is 1. The summed E-state index contributed by atoms with van der Waals surface area (Å²) in [4.78, 5) is 24.8. The van der Waals surface area contributed by atoms with Gasteiger partial charge in [-0.25, -0.2) is 0 Å². The Labute approximate surface area is 113 Å². The van der Waals surface area contributed by atoms with E-state index in [1.165, 1.54) is 5.56 Å². The molecule has 1 aliphatic rings. The standard InChI is InChI=1S/C15H20N2O2/c1-3-4-15(19)16-14-6-5-12-7-8-17(11(2)18)10-13(12)9-14/h5-6,9H,3-4,7-8,10H2,1-2H3,(H,16,19). The summed E-state index contributed by atoms with van der Waals surface area (Å²) in [6, 6.07) is 5.97. The molecule has 0 radical (unpaired) electrons. The summed E-state index contributed by atoms with van der Waals surface area (Å²) >= 11 is 0. The number of fused-ring (bicyclic) bond motifs is 1. The smallest absolute Gasteiger partial charge is 0.224 e. The topological polar surface area (TPSA) is 49.4 Å². The molecular formula is C15H20N2O2. The first-order valence-electron chi connectivity index (χ1n) is 6.77. The Morgan fingerprint density at radius 3 is 2.79 bits per heavy atom. The first-order chi connectivity index (χ1) is 9.10. The minimum absolute atomic E-state index is 0.0432. The predicted octanol–water partition coefficient (Wildman–Crippen LogP) is 2.33. The number of rotatable bonds is 3. The van der Waals surface area contributed by atoms with Gasteiger partial charge in [-0.05, 0) is 36.1 Å². The van der Waals surface area contributed by atoms with Crippen LogP contribution in [0.1, 0.15) is 37.8 Å². The molecule has 102 valence electrons. The number of hydrogen-bond acceptors (Lipinski definition) is 2. The highest BCUT2D eigenvalue weighted by atomic mass is 16.2. The highest BCUT2D eigenvalue weighted by Gasteiger charge is 2.18. The maximum atomic E-state index is 11.6. The van der Waals surface area contributed by atoms with E-state index in [1.54, 1.807) is 6.92 Å². The lowest BCUT2D eigenvalue weighted by molar-refractivity contribution is -0.129. The Hall–Kier alpha value is -1.84. The molecule has 2 rings (SSSR count). The number of amides is 2. The van der Waals surface area contributed by atoms with Crippen LogP contribution in [0.2, 0.25) is 0 Å². The number of benzene rings is 1. The fourth-order valence-electron chi connectivity index (χ4n) is 2.35. The zero-order valence-corrected chi connectivity index (χ0v) is 11.5. The molecule has 0 aromatic heterocycles. The molecule has 0 spiro atoms. The van der Waals surface area contributed by atoms with Crippen LogP contribution in [0.25, 0.3) is 0 Å². The van der Waals surface area contributed by atoms with Crippen molar-refractivity contribution in [1.82, 2.24) is 4.90 Å². The van der Waals surface area contributed by atoms with Crippen LogP contribution in [0, 0.1) is 0 Å². The maximum absolute atomic E-state index is 11.6. The van der Waals surface area contributed by atoms with E-state index in [4.69, 9.17) is 0 Å². The summed E-state index contributed by atoms with van der Waals surface area (Å²) in [7, 11) is 0. The Balaban J connectivity index is 2.12. The molecule has 1 N–H and O–H groups in total. The Kier molecular flexibility index (Phi) is 4.20. The molecule has 19 heavy (non-hydrogen) atoms. The van der Waals surface area contributed by atoms with Gasteiger partial charge in [-0.15, -0.1) is 0 Å². The second-order valence-electron chi connectivity index (χ2n) is 4.97. The number of carbonyl (C=O) groups excluding carboxylic acids is 2. The molecule has 4 nitrogen and oxygen atoms in total.